The smallest absolute Gasteiger partial charge is 0.227 e. The third-order valence-corrected chi connectivity index (χ3v) is 14.3. The summed E-state index contributed by atoms with van der Waals surface area (Å²) in [6.07, 6.45) is 5.39. The van der Waals surface area contributed by atoms with E-state index in [-0.39, 0.29) is 17.0 Å². The molecule has 3 aromatic carbocycles. The number of likely N-dealkylation sites (N-methyl/N-ethyl adjacent to an activating group) is 1. The number of aryl methyl sites for hydroxylation is 2. The number of nitrogens with zero attached hydrogens (tertiary/aromatic N) is 5. The van der Waals surface area contributed by atoms with Gasteiger partial charge >= 0.3 is 0 Å². The van der Waals surface area contributed by atoms with E-state index in [1.54, 1.807) is 17.0 Å². The van der Waals surface area contributed by atoms with E-state index < -0.39 is 8.32 Å². The lowest BCUT2D eigenvalue weighted by Gasteiger charge is -2.41. The van der Waals surface area contributed by atoms with Gasteiger partial charge in [-0.2, -0.15) is 0 Å². The van der Waals surface area contributed by atoms with Gasteiger partial charge in [0.05, 0.1) is 6.10 Å². The minimum atomic E-state index is -1.85. The normalized spacial score (nSPS) is 17.6. The van der Waals surface area contributed by atoms with E-state index in [9.17, 15) is 4.39 Å². The Hall–Kier alpha value is -3.66. The molecule has 9 heteroatoms. The first-order valence-electron chi connectivity index (χ1n) is 15.8. The third kappa shape index (κ3) is 6.26. The molecule has 6 rings (SSSR count). The Bertz CT molecular complexity index is 1840. The van der Waals surface area contributed by atoms with Crippen LogP contribution < -0.4 is 0 Å². The first-order valence-corrected chi connectivity index (χ1v) is 18.7. The molecule has 0 spiro atoms. The second-order valence-corrected chi connectivity index (χ2v) is 18.9. The number of benzene rings is 3. The van der Waals surface area contributed by atoms with Crippen LogP contribution in [-0.4, -0.2) is 52.2 Å². The highest BCUT2D eigenvalue weighted by Crippen LogP contribution is 2.41. The van der Waals surface area contributed by atoms with Crippen molar-refractivity contribution in [2.75, 3.05) is 7.05 Å². The average Bonchev–Trinajstić information content (AvgIpc) is 3.72. The van der Waals surface area contributed by atoms with E-state index in [1.165, 1.54) is 24.1 Å². The van der Waals surface area contributed by atoms with Crippen molar-refractivity contribution >= 4 is 19.4 Å². The largest absolute Gasteiger partial charge is 0.436 e. The number of aromatic nitrogens is 4. The van der Waals surface area contributed by atoms with Crippen molar-refractivity contribution in [3.63, 3.8) is 0 Å². The number of hydrogen-bond donors (Lipinski definition) is 0. The molecular formula is C36H44FN5O2Si. The molecule has 1 aliphatic carbocycles. The molecule has 1 saturated carbocycles. The molecule has 1 unspecified atom stereocenters. The third-order valence-electron chi connectivity index (χ3n) is 9.76. The maximum atomic E-state index is 14.3. The second kappa shape index (κ2) is 11.9. The molecule has 7 nitrogen and oxygen atoms in total. The van der Waals surface area contributed by atoms with Crippen LogP contribution in [-0.2, 0) is 18.0 Å². The highest BCUT2D eigenvalue weighted by Gasteiger charge is 2.42. The second-order valence-electron chi connectivity index (χ2n) is 14.1. The molecule has 2 heterocycles. The Balaban J connectivity index is 1.26. The van der Waals surface area contributed by atoms with Crippen LogP contribution in [0.4, 0.5) is 4.39 Å². The van der Waals surface area contributed by atoms with Crippen LogP contribution in [0.3, 0.4) is 0 Å². The molecule has 0 amide bonds. The minimum Gasteiger partial charge on any atom is -0.436 e. The van der Waals surface area contributed by atoms with Crippen LogP contribution in [0.1, 0.15) is 51.2 Å². The maximum absolute atomic E-state index is 14.3. The SMILES string of the molecule is Cc1cc(CN(C)[C@@H]2CCCC2O[Si](C)(C)C(C)(C)C)cc2nc(-c3cccc(-c4ccc(F)cc4-c4nncn4C)c3)oc12. The maximum Gasteiger partial charge on any atom is 0.227 e. The number of fused-ring (bicyclic) bond motifs is 1. The van der Waals surface area contributed by atoms with Crippen LogP contribution in [0.25, 0.3) is 45.1 Å². The molecular weight excluding hydrogens is 582 g/mol. The van der Waals surface area contributed by atoms with Crippen LogP contribution in [0.5, 0.6) is 0 Å². The van der Waals surface area contributed by atoms with Gasteiger partial charge in [-0.05, 0) is 104 Å². The van der Waals surface area contributed by atoms with Gasteiger partial charge in [-0.25, -0.2) is 9.37 Å². The molecule has 1 aliphatic rings. The van der Waals surface area contributed by atoms with Gasteiger partial charge in [0.25, 0.3) is 0 Å². The molecule has 236 valence electrons. The molecule has 0 radical (unpaired) electrons. The summed E-state index contributed by atoms with van der Waals surface area (Å²) in [5.41, 5.74) is 7.22. The molecule has 0 bridgehead atoms. The van der Waals surface area contributed by atoms with Crippen LogP contribution >= 0.6 is 0 Å². The molecule has 5 aromatic rings. The fraction of sp³-hybridized carbons (Fsp3) is 0.417. The first kappa shape index (κ1) is 31.3. The van der Waals surface area contributed by atoms with E-state index in [2.05, 4.69) is 75.1 Å². The zero-order valence-corrected chi connectivity index (χ0v) is 28.7. The molecule has 0 N–H and O–H groups in total. The van der Waals surface area contributed by atoms with Gasteiger partial charge < -0.3 is 13.4 Å². The van der Waals surface area contributed by atoms with Crippen molar-refractivity contribution in [2.45, 2.75) is 83.8 Å². The van der Waals surface area contributed by atoms with Crippen LogP contribution in [0, 0.1) is 12.7 Å². The van der Waals surface area contributed by atoms with Crippen LogP contribution in [0.15, 0.2) is 65.3 Å². The van der Waals surface area contributed by atoms with E-state index in [4.69, 9.17) is 13.8 Å². The van der Waals surface area contributed by atoms with Crippen molar-refractivity contribution < 1.29 is 13.2 Å². The Morgan fingerprint density at radius 3 is 2.56 bits per heavy atom. The molecule has 45 heavy (non-hydrogen) atoms. The topological polar surface area (TPSA) is 69.2 Å². The van der Waals surface area contributed by atoms with Gasteiger partial charge in [0.2, 0.25) is 5.89 Å². The summed E-state index contributed by atoms with van der Waals surface area (Å²) < 4.78 is 29.4. The Morgan fingerprint density at radius 2 is 1.82 bits per heavy atom. The quantitative estimate of drug-likeness (QED) is 0.161. The monoisotopic (exact) mass is 625 g/mol. The summed E-state index contributed by atoms with van der Waals surface area (Å²) in [6, 6.07) is 17.5. The van der Waals surface area contributed by atoms with Crippen molar-refractivity contribution in [1.82, 2.24) is 24.6 Å². The molecule has 1 fully saturated rings. The lowest BCUT2D eigenvalue weighted by atomic mass is 9.97. The van der Waals surface area contributed by atoms with Gasteiger partial charge in [0, 0.05) is 30.8 Å². The summed E-state index contributed by atoms with van der Waals surface area (Å²) in [4.78, 5) is 7.41. The van der Waals surface area contributed by atoms with E-state index in [0.29, 0.717) is 23.3 Å². The number of oxazole rings is 1. The summed E-state index contributed by atoms with van der Waals surface area (Å²) >= 11 is 0. The Labute approximate surface area is 266 Å². The predicted molar refractivity (Wildman–Crippen MR) is 181 cm³/mol. The average molecular weight is 626 g/mol. The predicted octanol–water partition coefficient (Wildman–Crippen LogP) is 8.78. The van der Waals surface area contributed by atoms with Gasteiger partial charge in [0.15, 0.2) is 19.7 Å². The van der Waals surface area contributed by atoms with Crippen LogP contribution in [0.2, 0.25) is 18.1 Å². The first-order chi connectivity index (χ1) is 21.3. The fourth-order valence-corrected chi connectivity index (χ4v) is 7.68. The highest BCUT2D eigenvalue weighted by molar-refractivity contribution is 6.74. The minimum absolute atomic E-state index is 0.197. The lowest BCUT2D eigenvalue weighted by Crippen LogP contribution is -2.48. The van der Waals surface area contributed by atoms with Gasteiger partial charge in [-0.1, -0.05) is 45.0 Å². The van der Waals surface area contributed by atoms with E-state index >= 15 is 0 Å². The number of rotatable bonds is 8. The molecule has 0 saturated heterocycles. The van der Waals surface area contributed by atoms with Crippen molar-refractivity contribution in [2.24, 2.45) is 7.05 Å². The lowest BCUT2D eigenvalue weighted by molar-refractivity contribution is 0.0897. The molecule has 2 atom stereocenters. The number of halogens is 1. The summed E-state index contributed by atoms with van der Waals surface area (Å²) in [5.74, 6) is 0.831. The summed E-state index contributed by atoms with van der Waals surface area (Å²) in [7, 11) is 2.23. The number of hydrogen-bond acceptors (Lipinski definition) is 6. The summed E-state index contributed by atoms with van der Waals surface area (Å²) in [5, 5.41) is 8.41. The van der Waals surface area contributed by atoms with E-state index in [0.717, 1.165) is 52.7 Å². The van der Waals surface area contributed by atoms with Crippen molar-refractivity contribution in [1.29, 1.82) is 0 Å². The highest BCUT2D eigenvalue weighted by atomic mass is 28.4. The summed E-state index contributed by atoms with van der Waals surface area (Å²) in [6.45, 7) is 14.6. The Kier molecular flexibility index (Phi) is 8.30. The Morgan fingerprint density at radius 1 is 1.04 bits per heavy atom. The fourth-order valence-electron chi connectivity index (χ4n) is 6.30. The zero-order chi connectivity index (χ0) is 32.1. The van der Waals surface area contributed by atoms with Gasteiger partial charge in [0.1, 0.15) is 17.7 Å². The van der Waals surface area contributed by atoms with Crippen molar-refractivity contribution in [3.05, 3.63) is 77.9 Å². The molecule has 0 aliphatic heterocycles. The van der Waals surface area contributed by atoms with E-state index in [1.807, 2.05) is 31.3 Å². The standard InChI is InChI=1S/C36H44FN5O2Si/c1-23-17-24(21-41(5)31-13-10-14-32(31)44-45(7,8)36(2,3)4)18-30-33(23)43-35(39-30)26-12-9-11-25(19-26)28-16-15-27(37)20-29(28)34-40-38-22-42(34)6/h9,11-12,15-20,22,31-32H,10,13-14,21H2,1-8H3/t31-,32?/m1/s1. The molecule has 2 aromatic heterocycles. The van der Waals surface area contributed by atoms with Crippen molar-refractivity contribution in [3.8, 4) is 34.0 Å². The van der Waals surface area contributed by atoms with Gasteiger partial charge in [-0.15, -0.1) is 10.2 Å². The van der Waals surface area contributed by atoms with Gasteiger partial charge in [-0.3, -0.25) is 4.90 Å². The zero-order valence-electron chi connectivity index (χ0n) is 27.7.